The monoisotopic (exact) mass is 209 g/mol. The molecule has 0 saturated carbocycles. The van der Waals surface area contributed by atoms with E-state index in [1.807, 2.05) is 7.05 Å². The first-order valence-electron chi connectivity index (χ1n) is 4.59. The third-order valence-electron chi connectivity index (χ3n) is 2.02. The van der Waals surface area contributed by atoms with Gasteiger partial charge >= 0.3 is 5.97 Å². The zero-order valence-corrected chi connectivity index (χ0v) is 9.19. The highest BCUT2D eigenvalue weighted by molar-refractivity contribution is 5.85. The second-order valence-corrected chi connectivity index (χ2v) is 3.06. The van der Waals surface area contributed by atoms with Crippen LogP contribution in [-0.4, -0.2) is 24.2 Å². The molecule has 0 saturated heterocycles. The molecule has 0 fully saturated rings. The number of hydrogen-bond acceptors (Lipinski definition) is 2. The summed E-state index contributed by atoms with van der Waals surface area (Å²) in [5.41, 5.74) is 0. The van der Waals surface area contributed by atoms with Gasteiger partial charge in [-0.15, -0.1) is 12.4 Å². The van der Waals surface area contributed by atoms with Crippen LogP contribution >= 0.6 is 12.4 Å². The van der Waals surface area contributed by atoms with Crippen molar-refractivity contribution in [2.75, 3.05) is 7.05 Å². The SMILES string of the molecule is CCCCC(CCC(=O)O)NC.Cl. The van der Waals surface area contributed by atoms with Crippen molar-refractivity contribution in [1.29, 1.82) is 0 Å². The zero-order valence-electron chi connectivity index (χ0n) is 8.38. The predicted octanol–water partition coefficient (Wildman–Crippen LogP) is 2.05. The van der Waals surface area contributed by atoms with E-state index in [0.717, 1.165) is 12.8 Å². The van der Waals surface area contributed by atoms with Crippen molar-refractivity contribution in [1.82, 2.24) is 5.32 Å². The van der Waals surface area contributed by atoms with Gasteiger partial charge in [-0.25, -0.2) is 0 Å². The van der Waals surface area contributed by atoms with Crippen LogP contribution in [0.4, 0.5) is 0 Å². The van der Waals surface area contributed by atoms with Gasteiger partial charge in [0.15, 0.2) is 0 Å². The zero-order chi connectivity index (χ0) is 9.40. The number of unbranched alkanes of at least 4 members (excludes halogenated alkanes) is 1. The van der Waals surface area contributed by atoms with Crippen LogP contribution < -0.4 is 5.32 Å². The number of nitrogens with one attached hydrogen (secondary N) is 1. The number of hydrogen-bond donors (Lipinski definition) is 2. The maximum atomic E-state index is 10.3. The highest BCUT2D eigenvalue weighted by Crippen LogP contribution is 2.06. The molecule has 0 amide bonds. The fourth-order valence-corrected chi connectivity index (χ4v) is 1.18. The first-order valence-corrected chi connectivity index (χ1v) is 4.59. The lowest BCUT2D eigenvalue weighted by Crippen LogP contribution is -2.25. The Labute approximate surface area is 86.3 Å². The standard InChI is InChI=1S/C9H19NO2.ClH/c1-3-4-5-8(10-2)6-7-9(11)12;/h8,10H,3-7H2,1-2H3,(H,11,12);1H. The molecule has 0 spiro atoms. The highest BCUT2D eigenvalue weighted by Gasteiger charge is 2.07. The van der Waals surface area contributed by atoms with Crippen molar-refractivity contribution in [2.24, 2.45) is 0 Å². The Morgan fingerprint density at radius 2 is 2.08 bits per heavy atom. The van der Waals surface area contributed by atoms with Crippen LogP contribution in [0, 0.1) is 0 Å². The summed E-state index contributed by atoms with van der Waals surface area (Å²) in [5, 5.41) is 11.6. The van der Waals surface area contributed by atoms with Gasteiger partial charge in [0.1, 0.15) is 0 Å². The minimum Gasteiger partial charge on any atom is -0.481 e. The van der Waals surface area contributed by atoms with Gasteiger partial charge in [0, 0.05) is 12.5 Å². The minimum absolute atomic E-state index is 0. The smallest absolute Gasteiger partial charge is 0.303 e. The molecule has 0 rings (SSSR count). The van der Waals surface area contributed by atoms with E-state index in [1.165, 1.54) is 12.8 Å². The molecule has 0 heterocycles. The Morgan fingerprint density at radius 1 is 1.46 bits per heavy atom. The number of carboxylic acid groups (broad SMARTS) is 1. The maximum Gasteiger partial charge on any atom is 0.303 e. The molecule has 0 aliphatic carbocycles. The average Bonchev–Trinajstić information content (AvgIpc) is 2.05. The van der Waals surface area contributed by atoms with E-state index >= 15 is 0 Å². The summed E-state index contributed by atoms with van der Waals surface area (Å²) in [7, 11) is 1.89. The topological polar surface area (TPSA) is 49.3 Å². The quantitative estimate of drug-likeness (QED) is 0.675. The van der Waals surface area contributed by atoms with E-state index in [0.29, 0.717) is 6.04 Å². The van der Waals surface area contributed by atoms with Crippen LogP contribution in [-0.2, 0) is 4.79 Å². The summed E-state index contributed by atoms with van der Waals surface area (Å²) in [6, 6.07) is 0.376. The van der Waals surface area contributed by atoms with Gasteiger partial charge in [-0.1, -0.05) is 19.8 Å². The lowest BCUT2D eigenvalue weighted by molar-refractivity contribution is -0.137. The van der Waals surface area contributed by atoms with Crippen LogP contribution in [0.25, 0.3) is 0 Å². The van der Waals surface area contributed by atoms with Gasteiger partial charge in [-0.2, -0.15) is 0 Å². The van der Waals surface area contributed by atoms with Gasteiger partial charge in [-0.05, 0) is 19.9 Å². The molecule has 0 radical (unpaired) electrons. The summed E-state index contributed by atoms with van der Waals surface area (Å²) in [5.74, 6) is -0.702. The summed E-state index contributed by atoms with van der Waals surface area (Å²) in [6.45, 7) is 2.14. The van der Waals surface area contributed by atoms with Crippen LogP contribution in [0.2, 0.25) is 0 Å². The Balaban J connectivity index is 0. The Morgan fingerprint density at radius 3 is 2.46 bits per heavy atom. The molecule has 2 N–H and O–H groups in total. The van der Waals surface area contributed by atoms with E-state index in [1.54, 1.807) is 0 Å². The number of halogens is 1. The Hall–Kier alpha value is -0.280. The van der Waals surface area contributed by atoms with Crippen molar-refractivity contribution < 1.29 is 9.90 Å². The first kappa shape index (κ1) is 15.2. The largest absolute Gasteiger partial charge is 0.481 e. The van der Waals surface area contributed by atoms with Gasteiger partial charge in [0.25, 0.3) is 0 Å². The Bertz CT molecular complexity index is 131. The molecule has 3 nitrogen and oxygen atoms in total. The van der Waals surface area contributed by atoms with E-state index < -0.39 is 5.97 Å². The number of carbonyl (C=O) groups is 1. The molecule has 4 heteroatoms. The molecule has 0 aromatic carbocycles. The molecule has 80 valence electrons. The van der Waals surface area contributed by atoms with Gasteiger partial charge in [0.05, 0.1) is 0 Å². The van der Waals surface area contributed by atoms with Gasteiger partial charge in [-0.3, -0.25) is 4.79 Å². The predicted molar refractivity (Wildman–Crippen MR) is 56.5 cm³/mol. The van der Waals surface area contributed by atoms with Crippen LogP contribution in [0.15, 0.2) is 0 Å². The molecule has 1 atom stereocenters. The van der Waals surface area contributed by atoms with Gasteiger partial charge in [0.2, 0.25) is 0 Å². The van der Waals surface area contributed by atoms with E-state index in [9.17, 15) is 4.79 Å². The molecule has 0 aliphatic rings. The molecular weight excluding hydrogens is 190 g/mol. The van der Waals surface area contributed by atoms with Crippen LogP contribution in [0.5, 0.6) is 0 Å². The molecule has 0 bridgehead atoms. The summed E-state index contributed by atoms with van der Waals surface area (Å²) >= 11 is 0. The van der Waals surface area contributed by atoms with Crippen LogP contribution in [0.3, 0.4) is 0 Å². The normalized spacial score (nSPS) is 11.8. The first-order chi connectivity index (χ1) is 5.70. The number of rotatable bonds is 7. The fourth-order valence-electron chi connectivity index (χ4n) is 1.18. The molecule has 0 aliphatic heterocycles. The lowest BCUT2D eigenvalue weighted by atomic mass is 10.1. The second kappa shape index (κ2) is 9.81. The molecule has 1 unspecified atom stereocenters. The van der Waals surface area contributed by atoms with E-state index in [2.05, 4.69) is 12.2 Å². The molecule has 0 aromatic heterocycles. The maximum absolute atomic E-state index is 10.3. The highest BCUT2D eigenvalue weighted by atomic mass is 35.5. The summed E-state index contributed by atoms with van der Waals surface area (Å²) in [6.07, 6.45) is 4.44. The lowest BCUT2D eigenvalue weighted by Gasteiger charge is -2.13. The minimum atomic E-state index is -0.702. The number of aliphatic carboxylic acids is 1. The Kier molecular flexibility index (Phi) is 11.5. The third-order valence-corrected chi connectivity index (χ3v) is 2.02. The molecule has 0 aromatic rings. The van der Waals surface area contributed by atoms with Gasteiger partial charge < -0.3 is 10.4 Å². The molecule has 13 heavy (non-hydrogen) atoms. The number of carboxylic acids is 1. The van der Waals surface area contributed by atoms with Crippen molar-refractivity contribution in [3.05, 3.63) is 0 Å². The third kappa shape index (κ3) is 9.64. The fraction of sp³-hybridized carbons (Fsp3) is 0.889. The average molecular weight is 210 g/mol. The molecular formula is C9H20ClNO2. The van der Waals surface area contributed by atoms with Crippen molar-refractivity contribution in [3.63, 3.8) is 0 Å². The van der Waals surface area contributed by atoms with Crippen molar-refractivity contribution >= 4 is 18.4 Å². The van der Waals surface area contributed by atoms with E-state index in [-0.39, 0.29) is 18.8 Å². The van der Waals surface area contributed by atoms with Crippen LogP contribution in [0.1, 0.15) is 39.0 Å². The summed E-state index contributed by atoms with van der Waals surface area (Å²) < 4.78 is 0. The van der Waals surface area contributed by atoms with E-state index in [4.69, 9.17) is 5.11 Å². The van der Waals surface area contributed by atoms with Crippen molar-refractivity contribution in [2.45, 2.75) is 45.1 Å². The summed E-state index contributed by atoms with van der Waals surface area (Å²) in [4.78, 5) is 10.3. The second-order valence-electron chi connectivity index (χ2n) is 3.06. The van der Waals surface area contributed by atoms with Crippen molar-refractivity contribution in [3.8, 4) is 0 Å².